The zero-order valence-electron chi connectivity index (χ0n) is 10.3. The van der Waals surface area contributed by atoms with Crippen LogP contribution in [0.25, 0.3) is 0 Å². The number of carbonyl (C=O) groups is 1. The molecule has 1 rings (SSSR count). The van der Waals surface area contributed by atoms with Crippen LogP contribution in [0.2, 0.25) is 10.0 Å². The van der Waals surface area contributed by atoms with Gasteiger partial charge in [-0.05, 0) is 43.0 Å². The van der Waals surface area contributed by atoms with E-state index in [1.807, 2.05) is 0 Å². The van der Waals surface area contributed by atoms with Crippen molar-refractivity contribution in [3.8, 4) is 0 Å². The first-order valence-corrected chi connectivity index (χ1v) is 6.85. The van der Waals surface area contributed by atoms with E-state index < -0.39 is 11.9 Å². The number of aliphatic carboxylic acids is 1. The maximum atomic E-state index is 11.0. The van der Waals surface area contributed by atoms with Crippen molar-refractivity contribution < 1.29 is 15.0 Å². The number of aliphatic hydroxyl groups excluding tert-OH is 1. The quantitative estimate of drug-likeness (QED) is 0.622. The number of carboxylic acids is 1. The van der Waals surface area contributed by atoms with Crippen molar-refractivity contribution in [1.82, 2.24) is 0 Å². The first-order valence-electron chi connectivity index (χ1n) is 5.69. The molecule has 0 radical (unpaired) electrons. The Kier molecular flexibility index (Phi) is 6.20. The summed E-state index contributed by atoms with van der Waals surface area (Å²) in [7, 11) is 0. The zero-order chi connectivity index (χ0) is 14.6. The van der Waals surface area contributed by atoms with Crippen molar-refractivity contribution in [2.45, 2.75) is 19.8 Å². The highest BCUT2D eigenvalue weighted by Gasteiger charge is 2.20. The van der Waals surface area contributed by atoms with E-state index in [9.17, 15) is 4.79 Å². The van der Waals surface area contributed by atoms with Gasteiger partial charge in [0.05, 0.1) is 5.92 Å². The van der Waals surface area contributed by atoms with Gasteiger partial charge in [0.15, 0.2) is 0 Å². The molecule has 3 nitrogen and oxygen atoms in total. The summed E-state index contributed by atoms with van der Waals surface area (Å²) >= 11 is 17.3. The Morgan fingerprint density at radius 3 is 2.32 bits per heavy atom. The van der Waals surface area contributed by atoms with Crippen LogP contribution in [-0.4, -0.2) is 27.7 Å². The molecule has 1 aromatic rings. The summed E-state index contributed by atoms with van der Waals surface area (Å²) < 4.78 is 0. The average Bonchev–Trinajstić information content (AvgIpc) is 2.34. The standard InChI is InChI=1S/C13H14Cl2O3S/c1-7-10(14)4-9(5-11(7)15)12(19)6-8(2-3-16)13(17)18/h4-5,8,16H,2-3,6H2,1H3,(H,17,18). The van der Waals surface area contributed by atoms with Gasteiger partial charge in [0.2, 0.25) is 0 Å². The van der Waals surface area contributed by atoms with Crippen LogP contribution in [0.3, 0.4) is 0 Å². The molecule has 0 saturated heterocycles. The lowest BCUT2D eigenvalue weighted by Crippen LogP contribution is -2.19. The monoisotopic (exact) mass is 320 g/mol. The number of thiocarbonyl (C=S) groups is 1. The number of rotatable bonds is 6. The van der Waals surface area contributed by atoms with Gasteiger partial charge in [0, 0.05) is 21.5 Å². The van der Waals surface area contributed by atoms with Gasteiger partial charge in [-0.2, -0.15) is 0 Å². The third kappa shape index (κ3) is 4.42. The lowest BCUT2D eigenvalue weighted by Gasteiger charge is -2.13. The van der Waals surface area contributed by atoms with Gasteiger partial charge in [-0.3, -0.25) is 4.79 Å². The Balaban J connectivity index is 2.91. The highest BCUT2D eigenvalue weighted by atomic mass is 35.5. The van der Waals surface area contributed by atoms with E-state index in [1.54, 1.807) is 19.1 Å². The lowest BCUT2D eigenvalue weighted by atomic mass is 9.96. The van der Waals surface area contributed by atoms with Crippen LogP contribution in [-0.2, 0) is 4.79 Å². The first kappa shape index (κ1) is 16.4. The molecule has 19 heavy (non-hydrogen) atoms. The smallest absolute Gasteiger partial charge is 0.306 e. The molecule has 6 heteroatoms. The Morgan fingerprint density at radius 2 is 1.89 bits per heavy atom. The van der Waals surface area contributed by atoms with E-state index >= 15 is 0 Å². The first-order chi connectivity index (χ1) is 8.86. The average molecular weight is 321 g/mol. The summed E-state index contributed by atoms with van der Waals surface area (Å²) in [4.78, 5) is 11.5. The molecule has 1 unspecified atom stereocenters. The molecule has 0 amide bonds. The minimum Gasteiger partial charge on any atom is -0.481 e. The maximum Gasteiger partial charge on any atom is 0.306 e. The van der Waals surface area contributed by atoms with Crippen LogP contribution in [0.1, 0.15) is 24.0 Å². The maximum absolute atomic E-state index is 11.0. The Bertz CT molecular complexity index is 480. The fraction of sp³-hybridized carbons (Fsp3) is 0.385. The van der Waals surface area contributed by atoms with Crippen LogP contribution in [0.4, 0.5) is 0 Å². The van der Waals surface area contributed by atoms with Crippen LogP contribution in [0.15, 0.2) is 12.1 Å². The minimum atomic E-state index is -0.972. The van der Waals surface area contributed by atoms with Crippen molar-refractivity contribution in [3.63, 3.8) is 0 Å². The SMILES string of the molecule is Cc1c(Cl)cc(C(=S)CC(CCO)C(=O)O)cc1Cl. The van der Waals surface area contributed by atoms with E-state index in [0.29, 0.717) is 20.5 Å². The molecule has 2 N–H and O–H groups in total. The predicted molar refractivity (Wildman–Crippen MR) is 80.3 cm³/mol. The van der Waals surface area contributed by atoms with Crippen LogP contribution in [0, 0.1) is 12.8 Å². The number of halogens is 2. The predicted octanol–water partition coefficient (Wildman–Crippen LogP) is 3.49. The summed E-state index contributed by atoms with van der Waals surface area (Å²) in [6.45, 7) is 1.61. The van der Waals surface area contributed by atoms with Gasteiger partial charge in [-0.15, -0.1) is 0 Å². The molecule has 1 atom stereocenters. The van der Waals surface area contributed by atoms with Gasteiger partial charge in [-0.1, -0.05) is 35.4 Å². The van der Waals surface area contributed by atoms with Crippen molar-refractivity contribution in [1.29, 1.82) is 0 Å². The van der Waals surface area contributed by atoms with E-state index in [-0.39, 0.29) is 19.4 Å². The number of benzene rings is 1. The highest BCUT2D eigenvalue weighted by Crippen LogP contribution is 2.27. The van der Waals surface area contributed by atoms with Crippen LogP contribution < -0.4 is 0 Å². The molecule has 1 aromatic carbocycles. The van der Waals surface area contributed by atoms with Crippen molar-refractivity contribution in [3.05, 3.63) is 33.3 Å². The molecule has 0 aromatic heterocycles. The van der Waals surface area contributed by atoms with Gasteiger partial charge in [-0.25, -0.2) is 0 Å². The normalized spacial score (nSPS) is 12.2. The van der Waals surface area contributed by atoms with Gasteiger partial charge in [0.25, 0.3) is 0 Å². The highest BCUT2D eigenvalue weighted by molar-refractivity contribution is 7.80. The molecule has 0 saturated carbocycles. The van der Waals surface area contributed by atoms with E-state index in [0.717, 1.165) is 5.56 Å². The Hall–Kier alpha value is -0.680. The third-order valence-corrected chi connectivity index (χ3v) is 4.05. The zero-order valence-corrected chi connectivity index (χ0v) is 12.6. The number of hydrogen-bond acceptors (Lipinski definition) is 3. The molecule has 0 heterocycles. The number of carboxylic acid groups (broad SMARTS) is 1. The molecule has 0 aliphatic heterocycles. The molecular formula is C13H14Cl2O3S. The molecule has 0 fully saturated rings. The molecule has 0 aliphatic rings. The summed E-state index contributed by atoms with van der Waals surface area (Å²) in [5, 5.41) is 18.9. The lowest BCUT2D eigenvalue weighted by molar-refractivity contribution is -0.142. The molecular weight excluding hydrogens is 307 g/mol. The van der Waals surface area contributed by atoms with Crippen molar-refractivity contribution in [2.75, 3.05) is 6.61 Å². The summed E-state index contributed by atoms with van der Waals surface area (Å²) in [5.74, 6) is -1.67. The molecule has 0 bridgehead atoms. The van der Waals surface area contributed by atoms with Crippen LogP contribution >= 0.6 is 35.4 Å². The Labute approximate surface area is 127 Å². The van der Waals surface area contributed by atoms with Gasteiger partial charge < -0.3 is 10.2 Å². The molecule has 104 valence electrons. The summed E-state index contributed by atoms with van der Waals surface area (Å²) in [5.41, 5.74) is 1.42. The minimum absolute atomic E-state index is 0.169. The van der Waals surface area contributed by atoms with Gasteiger partial charge >= 0.3 is 5.97 Å². The molecule has 0 spiro atoms. The summed E-state index contributed by atoms with van der Waals surface area (Å²) in [6, 6.07) is 3.37. The topological polar surface area (TPSA) is 57.5 Å². The second kappa shape index (κ2) is 7.20. The van der Waals surface area contributed by atoms with E-state index in [4.69, 9.17) is 45.6 Å². The second-order valence-electron chi connectivity index (χ2n) is 4.24. The van der Waals surface area contributed by atoms with Crippen molar-refractivity contribution in [2.24, 2.45) is 5.92 Å². The van der Waals surface area contributed by atoms with Crippen LogP contribution in [0.5, 0.6) is 0 Å². The molecule has 0 aliphatic carbocycles. The summed E-state index contributed by atoms with van der Waals surface area (Å²) in [6.07, 6.45) is 0.351. The van der Waals surface area contributed by atoms with Gasteiger partial charge in [0.1, 0.15) is 0 Å². The number of aliphatic hydroxyl groups is 1. The van der Waals surface area contributed by atoms with E-state index in [2.05, 4.69) is 0 Å². The number of hydrogen-bond donors (Lipinski definition) is 2. The Morgan fingerprint density at radius 1 is 1.37 bits per heavy atom. The fourth-order valence-electron chi connectivity index (χ4n) is 1.62. The third-order valence-electron chi connectivity index (χ3n) is 2.86. The van der Waals surface area contributed by atoms with E-state index in [1.165, 1.54) is 0 Å². The largest absolute Gasteiger partial charge is 0.481 e. The van der Waals surface area contributed by atoms with Crippen molar-refractivity contribution >= 4 is 46.3 Å². The fourth-order valence-corrected chi connectivity index (χ4v) is 2.42. The second-order valence-corrected chi connectivity index (χ2v) is 5.55.